The molecule has 1 saturated heterocycles. The van der Waals surface area contributed by atoms with Crippen LogP contribution in [0.15, 0.2) is 36.0 Å². The molecule has 2 unspecified atom stereocenters. The van der Waals surface area contributed by atoms with Crippen molar-refractivity contribution < 1.29 is 32.8 Å². The molecular formula is C20H23F2N3O5. The highest BCUT2D eigenvalue weighted by atomic mass is 19.1. The third kappa shape index (κ3) is 4.82. The van der Waals surface area contributed by atoms with E-state index < -0.39 is 41.2 Å². The number of halogens is 2. The van der Waals surface area contributed by atoms with Crippen LogP contribution in [0.1, 0.15) is 32.3 Å². The number of amides is 2. The zero-order valence-electron chi connectivity index (χ0n) is 16.6. The molecule has 3 rings (SSSR count). The first-order valence-electron chi connectivity index (χ1n) is 9.45. The van der Waals surface area contributed by atoms with Crippen molar-refractivity contribution in [2.75, 3.05) is 6.61 Å². The lowest BCUT2D eigenvalue weighted by Crippen LogP contribution is -2.49. The summed E-state index contributed by atoms with van der Waals surface area (Å²) in [5, 5.41) is 6.59. The summed E-state index contributed by atoms with van der Waals surface area (Å²) < 4.78 is 32.4. The first-order chi connectivity index (χ1) is 14.2. The smallest absolute Gasteiger partial charge is 0.272 e. The molecule has 30 heavy (non-hydrogen) atoms. The Labute approximate surface area is 172 Å². The van der Waals surface area contributed by atoms with Gasteiger partial charge in [-0.25, -0.2) is 14.3 Å². The van der Waals surface area contributed by atoms with Crippen molar-refractivity contribution in [1.29, 1.82) is 0 Å². The number of ether oxygens (including phenoxy) is 1. The second-order valence-corrected chi connectivity index (χ2v) is 7.42. The molecule has 162 valence electrons. The molecule has 1 fully saturated rings. The highest BCUT2D eigenvalue weighted by Gasteiger charge is 2.46. The maximum absolute atomic E-state index is 13.5. The second kappa shape index (κ2) is 8.88. The van der Waals surface area contributed by atoms with Crippen LogP contribution in [-0.2, 0) is 24.0 Å². The van der Waals surface area contributed by atoms with Crippen LogP contribution in [0.4, 0.5) is 8.78 Å². The van der Waals surface area contributed by atoms with Crippen molar-refractivity contribution >= 4 is 17.5 Å². The fraction of sp³-hybridized carbons (Fsp3) is 0.450. The van der Waals surface area contributed by atoms with Crippen LogP contribution in [0.3, 0.4) is 0 Å². The van der Waals surface area contributed by atoms with E-state index >= 15 is 0 Å². The largest absolute Gasteiger partial charge is 0.374 e. The number of nitrogens with one attached hydrogen (secondary N) is 2. The van der Waals surface area contributed by atoms with Gasteiger partial charge in [0.05, 0.1) is 24.5 Å². The predicted octanol–water partition coefficient (Wildman–Crippen LogP) is 1.74. The van der Waals surface area contributed by atoms with Crippen molar-refractivity contribution in [3.8, 4) is 0 Å². The van der Waals surface area contributed by atoms with Crippen LogP contribution < -0.4 is 10.8 Å². The lowest BCUT2D eigenvalue weighted by atomic mass is 9.92. The van der Waals surface area contributed by atoms with Gasteiger partial charge in [-0.2, -0.15) is 0 Å². The van der Waals surface area contributed by atoms with E-state index in [2.05, 4.69) is 22.5 Å². The van der Waals surface area contributed by atoms with Crippen LogP contribution in [0.2, 0.25) is 0 Å². The minimum Gasteiger partial charge on any atom is -0.374 e. The van der Waals surface area contributed by atoms with Gasteiger partial charge in [-0.05, 0) is 32.1 Å². The number of benzene rings is 1. The lowest BCUT2D eigenvalue weighted by Gasteiger charge is -2.23. The number of nitrogens with zero attached hydrogens (tertiary/aromatic N) is 1. The molecule has 0 aromatic heterocycles. The monoisotopic (exact) mass is 423 g/mol. The Kier molecular flexibility index (Phi) is 6.47. The summed E-state index contributed by atoms with van der Waals surface area (Å²) in [6.45, 7) is 7.30. The molecule has 0 bridgehead atoms. The Balaban J connectivity index is 1.60. The predicted molar refractivity (Wildman–Crippen MR) is 102 cm³/mol. The number of oxime groups is 1. The molecule has 2 amide bonds. The maximum Gasteiger partial charge on any atom is 0.272 e. The summed E-state index contributed by atoms with van der Waals surface area (Å²) in [7, 11) is 0. The molecule has 3 atom stereocenters. The minimum atomic E-state index is -1.53. The van der Waals surface area contributed by atoms with Crippen LogP contribution in [0.5, 0.6) is 0 Å². The molecular weight excluding hydrogens is 400 g/mol. The Morgan fingerprint density at radius 1 is 1.33 bits per heavy atom. The Bertz CT molecular complexity index is 856. The number of carbonyl (C=O) groups is 2. The van der Waals surface area contributed by atoms with E-state index in [1.54, 1.807) is 13.8 Å². The van der Waals surface area contributed by atoms with E-state index in [-0.39, 0.29) is 36.8 Å². The van der Waals surface area contributed by atoms with Gasteiger partial charge in [-0.1, -0.05) is 11.7 Å². The minimum absolute atomic E-state index is 0.0506. The van der Waals surface area contributed by atoms with Gasteiger partial charge in [0.2, 0.25) is 5.60 Å². The highest BCUT2D eigenvalue weighted by Crippen LogP contribution is 2.29. The molecule has 2 heterocycles. The first kappa shape index (κ1) is 21.8. The van der Waals surface area contributed by atoms with Gasteiger partial charge in [-0.15, -0.1) is 0 Å². The van der Waals surface area contributed by atoms with Gasteiger partial charge in [0.1, 0.15) is 17.7 Å². The highest BCUT2D eigenvalue weighted by molar-refractivity contribution is 6.06. The zero-order chi connectivity index (χ0) is 21.9. The molecule has 0 radical (unpaired) electrons. The van der Waals surface area contributed by atoms with Gasteiger partial charge in [0.15, 0.2) is 0 Å². The number of carbonyl (C=O) groups excluding carboxylic acids is 2. The van der Waals surface area contributed by atoms with Gasteiger partial charge in [0, 0.05) is 24.5 Å². The molecule has 2 aliphatic rings. The van der Waals surface area contributed by atoms with Crippen molar-refractivity contribution in [3.63, 3.8) is 0 Å². The zero-order valence-corrected chi connectivity index (χ0v) is 16.6. The third-order valence-corrected chi connectivity index (χ3v) is 4.68. The average Bonchev–Trinajstić information content (AvgIpc) is 3.33. The van der Waals surface area contributed by atoms with Gasteiger partial charge in [0.25, 0.3) is 11.8 Å². The number of hydroxylamine groups is 1. The molecule has 8 nitrogen and oxygen atoms in total. The van der Waals surface area contributed by atoms with Gasteiger partial charge in [-0.3, -0.25) is 14.4 Å². The Morgan fingerprint density at radius 3 is 2.67 bits per heavy atom. The maximum atomic E-state index is 13.5. The fourth-order valence-electron chi connectivity index (χ4n) is 3.11. The number of hydrogen-bond donors (Lipinski definition) is 2. The molecule has 10 heteroatoms. The summed E-state index contributed by atoms with van der Waals surface area (Å²) in [6, 6.07) is 2.51. The van der Waals surface area contributed by atoms with E-state index in [1.165, 1.54) is 6.08 Å². The van der Waals surface area contributed by atoms with E-state index in [4.69, 9.17) is 14.4 Å². The van der Waals surface area contributed by atoms with Crippen molar-refractivity contribution in [2.45, 2.75) is 50.5 Å². The molecule has 2 aliphatic heterocycles. The quantitative estimate of drug-likeness (QED) is 0.514. The van der Waals surface area contributed by atoms with Crippen molar-refractivity contribution in [1.82, 2.24) is 10.8 Å². The third-order valence-electron chi connectivity index (χ3n) is 4.68. The Hall–Kier alpha value is -2.85. The van der Waals surface area contributed by atoms with E-state index in [0.717, 1.165) is 18.2 Å². The summed E-state index contributed by atoms with van der Waals surface area (Å²) >= 11 is 0. The average molecular weight is 423 g/mol. The van der Waals surface area contributed by atoms with Crippen LogP contribution in [-0.4, -0.2) is 48.0 Å². The first-order valence-corrected chi connectivity index (χ1v) is 9.45. The van der Waals surface area contributed by atoms with E-state index in [0.29, 0.717) is 0 Å². The van der Waals surface area contributed by atoms with Crippen molar-refractivity contribution in [3.05, 3.63) is 48.1 Å². The van der Waals surface area contributed by atoms with Gasteiger partial charge >= 0.3 is 0 Å². The van der Waals surface area contributed by atoms with Crippen LogP contribution in [0.25, 0.3) is 0 Å². The normalized spacial score (nSPS) is 25.6. The van der Waals surface area contributed by atoms with E-state index in [9.17, 15) is 18.4 Å². The van der Waals surface area contributed by atoms with Crippen molar-refractivity contribution in [2.24, 2.45) is 5.16 Å². The number of rotatable bonds is 7. The van der Waals surface area contributed by atoms with E-state index in [1.807, 2.05) is 0 Å². The molecule has 1 aromatic rings. The summed E-state index contributed by atoms with van der Waals surface area (Å²) in [5.74, 6) is -2.50. The molecule has 1 aromatic carbocycles. The number of hydrogen-bond acceptors (Lipinski definition) is 6. The summed E-state index contributed by atoms with van der Waals surface area (Å²) in [6.07, 6.45) is 0.532. The Morgan fingerprint density at radius 2 is 2.03 bits per heavy atom. The fourth-order valence-corrected chi connectivity index (χ4v) is 3.11. The summed E-state index contributed by atoms with van der Waals surface area (Å²) in [5.41, 5.74) is 1.17. The summed E-state index contributed by atoms with van der Waals surface area (Å²) in [4.78, 5) is 35.2. The SMILES string of the molecule is C=C[C@]1(C(=O)NC2COC(C(=O)NOC(C)C)C2)CC(c2cc(F)cc(F)c2)=NO1. The second-order valence-electron chi connectivity index (χ2n) is 7.42. The molecule has 0 spiro atoms. The van der Waals surface area contributed by atoms with Crippen LogP contribution >= 0.6 is 0 Å². The molecule has 0 saturated carbocycles. The van der Waals surface area contributed by atoms with Crippen LogP contribution in [0, 0.1) is 11.6 Å². The van der Waals surface area contributed by atoms with Gasteiger partial charge < -0.3 is 14.9 Å². The topological polar surface area (TPSA) is 98.2 Å². The molecule has 2 N–H and O–H groups in total. The standard InChI is InChI=1S/C20H23F2N3O5/c1-4-20(9-16(24-30-20)12-5-13(21)7-14(22)6-12)19(27)23-15-8-17(28-10-15)18(26)25-29-11(2)3/h4-7,11,15,17H,1,8-10H2,2-3H3,(H,23,27)(H,25,26)/t15?,17?,20-/m1/s1. The lowest BCUT2D eigenvalue weighted by molar-refractivity contribution is -0.146. The molecule has 0 aliphatic carbocycles.